The molecule has 0 radical (unpaired) electrons. The molecule has 0 saturated carbocycles. The highest BCUT2D eigenvalue weighted by molar-refractivity contribution is 7.90. The molecule has 0 aromatic heterocycles. The van der Waals surface area contributed by atoms with Gasteiger partial charge >= 0.3 is 0 Å². The van der Waals surface area contributed by atoms with Gasteiger partial charge in [0.1, 0.15) is 17.5 Å². The van der Waals surface area contributed by atoms with Crippen LogP contribution in [0.2, 0.25) is 5.02 Å². The third kappa shape index (κ3) is 5.89. The van der Waals surface area contributed by atoms with Gasteiger partial charge in [0.25, 0.3) is 15.9 Å². The number of fused-ring (bicyclic) bond motifs is 1. The largest absolute Gasteiger partial charge is 0.352 e. The topological polar surface area (TPSA) is 104 Å². The van der Waals surface area contributed by atoms with E-state index in [2.05, 4.69) is 5.32 Å². The molecule has 3 aromatic carbocycles. The lowest BCUT2D eigenvalue weighted by Crippen LogP contribution is -2.54. The van der Waals surface area contributed by atoms with E-state index in [4.69, 9.17) is 11.6 Å². The second-order valence-corrected chi connectivity index (χ2v) is 11.6. The molecular weight excluding hydrogens is 526 g/mol. The first-order valence-corrected chi connectivity index (χ1v) is 13.9. The Balaban J connectivity index is 1.71. The number of amides is 3. The van der Waals surface area contributed by atoms with Crippen molar-refractivity contribution in [3.05, 3.63) is 101 Å². The number of carbonyl (C=O) groups is 3. The summed E-state index contributed by atoms with van der Waals surface area (Å²) < 4.78 is 26.8. The van der Waals surface area contributed by atoms with E-state index in [1.54, 1.807) is 30.3 Å². The lowest BCUT2D eigenvalue weighted by Gasteiger charge is -2.33. The Hall–Kier alpha value is -3.69. The Labute approximate surface area is 227 Å². The van der Waals surface area contributed by atoms with Crippen LogP contribution in [0.15, 0.2) is 83.8 Å². The summed E-state index contributed by atoms with van der Waals surface area (Å²) in [5.74, 6) is -1.83. The molecule has 1 aliphatic rings. The van der Waals surface area contributed by atoms with Crippen LogP contribution in [0.25, 0.3) is 0 Å². The van der Waals surface area contributed by atoms with Crippen molar-refractivity contribution in [1.29, 1.82) is 0 Å². The number of hydrogen-bond acceptors (Lipinski definition) is 5. The molecule has 0 spiro atoms. The Kier molecular flexibility index (Phi) is 8.18. The molecule has 1 atom stereocenters. The van der Waals surface area contributed by atoms with Crippen LogP contribution in [0.1, 0.15) is 35.3 Å². The maximum Gasteiger partial charge on any atom is 0.269 e. The van der Waals surface area contributed by atoms with E-state index in [0.717, 1.165) is 5.56 Å². The second-order valence-electron chi connectivity index (χ2n) is 9.33. The third-order valence-electron chi connectivity index (χ3n) is 6.16. The Morgan fingerprint density at radius 3 is 2.18 bits per heavy atom. The van der Waals surface area contributed by atoms with E-state index in [-0.39, 0.29) is 35.4 Å². The van der Waals surface area contributed by atoms with Crippen LogP contribution in [0, 0.1) is 0 Å². The van der Waals surface area contributed by atoms with E-state index >= 15 is 0 Å². The molecule has 3 aromatic rings. The molecule has 0 fully saturated rings. The Morgan fingerprint density at radius 1 is 0.921 bits per heavy atom. The zero-order valence-corrected chi connectivity index (χ0v) is 22.6. The minimum atomic E-state index is -4.21. The van der Waals surface area contributed by atoms with Crippen molar-refractivity contribution in [2.45, 2.75) is 43.8 Å². The normalized spacial score (nSPS) is 14.7. The van der Waals surface area contributed by atoms with Crippen molar-refractivity contribution < 1.29 is 22.8 Å². The average molecular weight is 554 g/mol. The van der Waals surface area contributed by atoms with Gasteiger partial charge in [0.05, 0.1) is 5.56 Å². The first kappa shape index (κ1) is 27.3. The van der Waals surface area contributed by atoms with Gasteiger partial charge < -0.3 is 10.2 Å². The van der Waals surface area contributed by atoms with E-state index in [0.29, 0.717) is 14.9 Å². The van der Waals surface area contributed by atoms with Crippen LogP contribution in [-0.2, 0) is 32.6 Å². The van der Waals surface area contributed by atoms with Gasteiger partial charge in [-0.2, -0.15) is 0 Å². The maximum atomic E-state index is 13.8. The van der Waals surface area contributed by atoms with E-state index in [1.807, 2.05) is 44.2 Å². The number of nitrogens with one attached hydrogen (secondary N) is 1. The fraction of sp³-hybridized carbons (Fsp3) is 0.250. The molecule has 0 saturated heterocycles. The summed E-state index contributed by atoms with van der Waals surface area (Å²) in [6, 6.07) is 20.7. The highest BCUT2D eigenvalue weighted by Gasteiger charge is 2.43. The second kappa shape index (κ2) is 11.4. The highest BCUT2D eigenvalue weighted by atomic mass is 35.5. The average Bonchev–Trinajstić information content (AvgIpc) is 3.08. The van der Waals surface area contributed by atoms with Crippen LogP contribution in [-0.4, -0.2) is 54.0 Å². The minimum Gasteiger partial charge on any atom is -0.352 e. The van der Waals surface area contributed by atoms with E-state index < -0.39 is 34.4 Å². The standard InChI is InChI=1S/C28H28ClN3O5S/c1-19(2)30-27(34)24(16-20-8-4-3-5-9-20)31(17-21-12-14-22(29)15-13-21)26(33)18-32-28(35)23-10-6-7-11-25(23)38(32,36)37/h3-15,19,24H,16-18H2,1-2H3,(H,30,34). The van der Waals surface area contributed by atoms with Gasteiger partial charge in [-0.1, -0.05) is 66.2 Å². The number of rotatable bonds is 9. The number of hydrogen-bond donors (Lipinski definition) is 1. The van der Waals surface area contributed by atoms with Gasteiger partial charge in [-0.25, -0.2) is 12.7 Å². The SMILES string of the molecule is CC(C)NC(=O)C(Cc1ccccc1)N(Cc1ccc(Cl)cc1)C(=O)CN1C(=O)c2ccccc2S1(=O)=O. The van der Waals surface area contributed by atoms with Crippen LogP contribution >= 0.6 is 11.6 Å². The minimum absolute atomic E-state index is 0.00798. The van der Waals surface area contributed by atoms with Crippen LogP contribution in [0.5, 0.6) is 0 Å². The molecule has 198 valence electrons. The first-order chi connectivity index (χ1) is 18.1. The van der Waals surface area contributed by atoms with E-state index in [9.17, 15) is 22.8 Å². The molecule has 1 unspecified atom stereocenters. The molecule has 10 heteroatoms. The fourth-order valence-electron chi connectivity index (χ4n) is 4.32. The first-order valence-electron chi connectivity index (χ1n) is 12.1. The zero-order chi connectivity index (χ0) is 27.4. The summed E-state index contributed by atoms with van der Waals surface area (Å²) in [6.07, 6.45) is 0.194. The van der Waals surface area contributed by atoms with Gasteiger partial charge in [0.15, 0.2) is 0 Å². The quantitative estimate of drug-likeness (QED) is 0.435. The van der Waals surface area contributed by atoms with Gasteiger partial charge in [-0.15, -0.1) is 0 Å². The number of nitrogens with zero attached hydrogens (tertiary/aromatic N) is 2. The Morgan fingerprint density at radius 2 is 1.55 bits per heavy atom. The molecular formula is C28H28ClN3O5S. The summed E-state index contributed by atoms with van der Waals surface area (Å²) in [5.41, 5.74) is 1.53. The molecule has 0 bridgehead atoms. The van der Waals surface area contributed by atoms with Crippen molar-refractivity contribution in [2.24, 2.45) is 0 Å². The summed E-state index contributed by atoms with van der Waals surface area (Å²) in [6.45, 7) is 2.91. The smallest absolute Gasteiger partial charge is 0.269 e. The van der Waals surface area contributed by atoms with Crippen LogP contribution in [0.4, 0.5) is 0 Å². The van der Waals surface area contributed by atoms with Crippen molar-refractivity contribution in [2.75, 3.05) is 6.54 Å². The number of halogens is 1. The molecule has 4 rings (SSSR count). The summed E-state index contributed by atoms with van der Waals surface area (Å²) in [7, 11) is -4.21. The number of benzene rings is 3. The van der Waals surface area contributed by atoms with Gasteiger partial charge in [0, 0.05) is 24.0 Å². The van der Waals surface area contributed by atoms with Gasteiger partial charge in [-0.3, -0.25) is 14.4 Å². The maximum absolute atomic E-state index is 13.8. The van der Waals surface area contributed by atoms with Crippen molar-refractivity contribution in [1.82, 2.24) is 14.5 Å². The summed E-state index contributed by atoms with van der Waals surface area (Å²) in [4.78, 5) is 41.5. The van der Waals surface area contributed by atoms with Gasteiger partial charge in [-0.05, 0) is 49.2 Å². The lowest BCUT2D eigenvalue weighted by molar-refractivity contribution is -0.141. The third-order valence-corrected chi connectivity index (χ3v) is 8.20. The van der Waals surface area contributed by atoms with Crippen LogP contribution in [0.3, 0.4) is 0 Å². The molecule has 8 nitrogen and oxygen atoms in total. The highest BCUT2D eigenvalue weighted by Crippen LogP contribution is 2.30. The Bertz CT molecular complexity index is 1440. The summed E-state index contributed by atoms with van der Waals surface area (Å²) in [5, 5.41) is 3.38. The van der Waals surface area contributed by atoms with Crippen molar-refractivity contribution in [3.8, 4) is 0 Å². The monoisotopic (exact) mass is 553 g/mol. The van der Waals surface area contributed by atoms with E-state index in [1.165, 1.54) is 23.1 Å². The summed E-state index contributed by atoms with van der Waals surface area (Å²) >= 11 is 6.04. The molecule has 0 aliphatic carbocycles. The number of sulfonamides is 1. The van der Waals surface area contributed by atoms with Gasteiger partial charge in [0.2, 0.25) is 11.8 Å². The molecule has 1 heterocycles. The van der Waals surface area contributed by atoms with Crippen molar-refractivity contribution >= 4 is 39.3 Å². The lowest BCUT2D eigenvalue weighted by atomic mass is 10.0. The molecule has 1 N–H and O–H groups in total. The van der Waals surface area contributed by atoms with Crippen molar-refractivity contribution in [3.63, 3.8) is 0 Å². The predicted octanol–water partition coefficient (Wildman–Crippen LogP) is 3.65. The molecule has 3 amide bonds. The zero-order valence-electron chi connectivity index (χ0n) is 21.0. The predicted molar refractivity (Wildman–Crippen MR) is 144 cm³/mol. The molecule has 1 aliphatic heterocycles. The fourth-order valence-corrected chi connectivity index (χ4v) is 5.97. The molecule has 38 heavy (non-hydrogen) atoms. The van der Waals surface area contributed by atoms with Crippen LogP contribution < -0.4 is 5.32 Å². The number of carbonyl (C=O) groups excluding carboxylic acids is 3.